The molecule has 2 aromatic heterocycles. The Bertz CT molecular complexity index is 762. The number of nitrogens with zero attached hydrogens (tertiary/aromatic N) is 2. The third-order valence-electron chi connectivity index (χ3n) is 3.24. The fraction of sp³-hybridized carbons (Fsp3) is 0.250. The number of benzene rings is 1. The van der Waals surface area contributed by atoms with Gasteiger partial charge in [-0.25, -0.2) is 9.97 Å². The first kappa shape index (κ1) is 15.5. The van der Waals surface area contributed by atoms with Crippen molar-refractivity contribution in [2.24, 2.45) is 0 Å². The molecule has 0 spiro atoms. The summed E-state index contributed by atoms with van der Waals surface area (Å²) in [6, 6.07) is 7.96. The van der Waals surface area contributed by atoms with Crippen molar-refractivity contribution in [2.75, 3.05) is 11.9 Å². The zero-order valence-corrected chi connectivity index (χ0v) is 14.8. The number of halogens is 1. The van der Waals surface area contributed by atoms with Crippen LogP contribution in [0, 0.1) is 13.8 Å². The van der Waals surface area contributed by atoms with Crippen molar-refractivity contribution in [3.63, 3.8) is 0 Å². The summed E-state index contributed by atoms with van der Waals surface area (Å²) in [4.78, 5) is 10.3. The predicted octanol–water partition coefficient (Wildman–Crippen LogP) is 5.19. The number of aryl methyl sites for hydroxylation is 2. The van der Waals surface area contributed by atoms with Gasteiger partial charge in [-0.05, 0) is 38.0 Å². The van der Waals surface area contributed by atoms with E-state index in [0.29, 0.717) is 0 Å². The number of rotatable bonds is 5. The Morgan fingerprint density at radius 1 is 1.14 bits per heavy atom. The molecule has 0 radical (unpaired) electrons. The number of anilines is 1. The highest BCUT2D eigenvalue weighted by Crippen LogP contribution is 2.31. The molecule has 3 rings (SSSR count). The highest BCUT2D eigenvalue weighted by Gasteiger charge is 2.11. The van der Waals surface area contributed by atoms with Crippen LogP contribution in [0.15, 0.2) is 29.6 Å². The van der Waals surface area contributed by atoms with Gasteiger partial charge in [0.2, 0.25) is 0 Å². The minimum Gasteiger partial charge on any atom is -0.361 e. The van der Waals surface area contributed by atoms with Crippen molar-refractivity contribution in [1.29, 1.82) is 0 Å². The predicted molar refractivity (Wildman–Crippen MR) is 96.3 cm³/mol. The van der Waals surface area contributed by atoms with Gasteiger partial charge in [-0.15, -0.1) is 22.7 Å². The Balaban J connectivity index is 1.60. The molecular formula is C16H16ClN3S2. The van der Waals surface area contributed by atoms with E-state index in [4.69, 9.17) is 11.6 Å². The Kier molecular flexibility index (Phi) is 4.76. The van der Waals surface area contributed by atoms with Crippen LogP contribution in [0.2, 0.25) is 5.02 Å². The lowest BCUT2D eigenvalue weighted by Crippen LogP contribution is -2.04. The van der Waals surface area contributed by atoms with Crippen LogP contribution in [0.1, 0.15) is 16.3 Å². The molecule has 0 aliphatic carbocycles. The smallest absolute Gasteiger partial charge is 0.183 e. The summed E-state index contributed by atoms with van der Waals surface area (Å²) < 4.78 is 0. The van der Waals surface area contributed by atoms with E-state index >= 15 is 0 Å². The van der Waals surface area contributed by atoms with Gasteiger partial charge in [0.15, 0.2) is 5.13 Å². The molecule has 0 aliphatic heterocycles. The molecule has 1 N–H and O–H groups in total. The normalized spacial score (nSPS) is 10.9. The zero-order chi connectivity index (χ0) is 15.5. The van der Waals surface area contributed by atoms with Crippen molar-refractivity contribution in [3.05, 3.63) is 50.9 Å². The molecule has 6 heteroatoms. The van der Waals surface area contributed by atoms with Crippen molar-refractivity contribution in [3.8, 4) is 10.6 Å². The topological polar surface area (TPSA) is 37.8 Å². The van der Waals surface area contributed by atoms with E-state index in [0.717, 1.165) is 39.5 Å². The van der Waals surface area contributed by atoms with E-state index in [1.807, 2.05) is 26.0 Å². The van der Waals surface area contributed by atoms with Gasteiger partial charge in [-0.1, -0.05) is 23.7 Å². The van der Waals surface area contributed by atoms with E-state index in [1.165, 1.54) is 10.4 Å². The number of nitrogens with one attached hydrogen (secondary N) is 1. The van der Waals surface area contributed by atoms with Gasteiger partial charge in [0.1, 0.15) is 0 Å². The van der Waals surface area contributed by atoms with Crippen molar-refractivity contribution < 1.29 is 0 Å². The van der Waals surface area contributed by atoms with Gasteiger partial charge in [-0.2, -0.15) is 0 Å². The molecule has 2 heterocycles. The molecule has 0 amide bonds. The molecule has 0 saturated carbocycles. The minimum absolute atomic E-state index is 0.775. The Morgan fingerprint density at radius 3 is 2.59 bits per heavy atom. The van der Waals surface area contributed by atoms with Gasteiger partial charge in [0.25, 0.3) is 0 Å². The Labute approximate surface area is 143 Å². The van der Waals surface area contributed by atoms with Crippen LogP contribution in [0.5, 0.6) is 0 Å². The van der Waals surface area contributed by atoms with Crippen LogP contribution in [-0.2, 0) is 6.42 Å². The van der Waals surface area contributed by atoms with Crippen LogP contribution in [-0.4, -0.2) is 16.5 Å². The molecule has 0 atom stereocenters. The van der Waals surface area contributed by atoms with E-state index in [1.54, 1.807) is 22.7 Å². The molecule has 0 bridgehead atoms. The van der Waals surface area contributed by atoms with Crippen LogP contribution < -0.4 is 5.32 Å². The fourth-order valence-electron chi connectivity index (χ4n) is 2.19. The second-order valence-electron chi connectivity index (χ2n) is 4.99. The maximum absolute atomic E-state index is 5.89. The van der Waals surface area contributed by atoms with E-state index < -0.39 is 0 Å². The quantitative estimate of drug-likeness (QED) is 0.688. The highest BCUT2D eigenvalue weighted by molar-refractivity contribution is 7.16. The first-order valence-electron chi connectivity index (χ1n) is 7.00. The lowest BCUT2D eigenvalue weighted by atomic mass is 10.1. The van der Waals surface area contributed by atoms with Gasteiger partial charge >= 0.3 is 0 Å². The summed E-state index contributed by atoms with van der Waals surface area (Å²) >= 11 is 9.22. The summed E-state index contributed by atoms with van der Waals surface area (Å²) in [7, 11) is 0. The first-order chi connectivity index (χ1) is 10.6. The molecule has 0 fully saturated rings. The van der Waals surface area contributed by atoms with Crippen LogP contribution in [0.3, 0.4) is 0 Å². The number of aromatic nitrogens is 2. The summed E-state index contributed by atoms with van der Waals surface area (Å²) in [6.07, 6.45) is 0.949. The largest absolute Gasteiger partial charge is 0.361 e. The van der Waals surface area contributed by atoms with Gasteiger partial charge in [0.05, 0.1) is 21.3 Å². The van der Waals surface area contributed by atoms with E-state index in [-0.39, 0.29) is 0 Å². The molecule has 22 heavy (non-hydrogen) atoms. The number of hydrogen-bond acceptors (Lipinski definition) is 5. The molecule has 114 valence electrons. The van der Waals surface area contributed by atoms with E-state index in [2.05, 4.69) is 32.8 Å². The van der Waals surface area contributed by atoms with Crippen molar-refractivity contribution in [1.82, 2.24) is 9.97 Å². The van der Waals surface area contributed by atoms with Gasteiger partial charge in [0, 0.05) is 16.9 Å². The zero-order valence-electron chi connectivity index (χ0n) is 12.4. The Hall–Kier alpha value is -1.43. The van der Waals surface area contributed by atoms with Gasteiger partial charge in [-0.3, -0.25) is 0 Å². The second-order valence-corrected chi connectivity index (χ2v) is 7.49. The lowest BCUT2D eigenvalue weighted by molar-refractivity contribution is 1.02. The van der Waals surface area contributed by atoms with Crippen LogP contribution in [0.25, 0.3) is 10.6 Å². The Morgan fingerprint density at radius 2 is 1.91 bits per heavy atom. The summed E-state index contributed by atoms with van der Waals surface area (Å²) in [5.74, 6) is 0. The van der Waals surface area contributed by atoms with Crippen LogP contribution in [0.4, 0.5) is 5.13 Å². The fourth-order valence-corrected chi connectivity index (χ4v) is 4.00. The first-order valence-corrected chi connectivity index (χ1v) is 9.07. The SMILES string of the molecule is Cc1nc(C)c(-c2csc(NCCc3ccc(Cl)cc3)n2)s1. The van der Waals surface area contributed by atoms with Crippen molar-refractivity contribution in [2.45, 2.75) is 20.3 Å². The third kappa shape index (κ3) is 3.66. The molecular weight excluding hydrogens is 334 g/mol. The number of thiazole rings is 2. The molecule has 3 nitrogen and oxygen atoms in total. The maximum atomic E-state index is 5.89. The average Bonchev–Trinajstić information content (AvgIpc) is 3.07. The molecule has 3 aromatic rings. The molecule has 0 aliphatic rings. The third-order valence-corrected chi connectivity index (χ3v) is 5.39. The van der Waals surface area contributed by atoms with Crippen LogP contribution >= 0.6 is 34.3 Å². The minimum atomic E-state index is 0.775. The standard InChI is InChI=1S/C16H16ClN3S2/c1-10-15(22-11(2)19-10)14-9-21-16(20-14)18-8-7-12-3-5-13(17)6-4-12/h3-6,9H,7-8H2,1-2H3,(H,18,20). The molecule has 1 aromatic carbocycles. The maximum Gasteiger partial charge on any atom is 0.183 e. The molecule has 0 saturated heterocycles. The summed E-state index contributed by atoms with van der Waals surface area (Å²) in [5.41, 5.74) is 3.34. The lowest BCUT2D eigenvalue weighted by Gasteiger charge is -2.03. The van der Waals surface area contributed by atoms with Crippen molar-refractivity contribution >= 4 is 39.4 Å². The monoisotopic (exact) mass is 349 g/mol. The second kappa shape index (κ2) is 6.77. The highest BCUT2D eigenvalue weighted by atomic mass is 35.5. The number of hydrogen-bond donors (Lipinski definition) is 1. The molecule has 0 unspecified atom stereocenters. The average molecular weight is 350 g/mol. The van der Waals surface area contributed by atoms with Gasteiger partial charge < -0.3 is 5.32 Å². The summed E-state index contributed by atoms with van der Waals surface area (Å²) in [5, 5.41) is 8.28. The summed E-state index contributed by atoms with van der Waals surface area (Å²) in [6.45, 7) is 4.92. The van der Waals surface area contributed by atoms with E-state index in [9.17, 15) is 0 Å².